The number of nitrogens with one attached hydrogen (secondary N) is 2. The van der Waals surface area contributed by atoms with Crippen LogP contribution in [0.4, 0.5) is 13.2 Å². The molecule has 200 valence electrons. The summed E-state index contributed by atoms with van der Waals surface area (Å²) in [7, 11) is 0. The van der Waals surface area contributed by atoms with Gasteiger partial charge in [-0.2, -0.15) is 23.4 Å². The second-order valence-corrected chi connectivity index (χ2v) is 9.12. The lowest BCUT2D eigenvalue weighted by Gasteiger charge is -2.10. The third-order valence-electron chi connectivity index (χ3n) is 6.16. The third-order valence-corrected chi connectivity index (χ3v) is 6.16. The van der Waals surface area contributed by atoms with Crippen molar-refractivity contribution in [2.45, 2.75) is 39.4 Å². The molecule has 1 aliphatic carbocycles. The largest absolute Gasteiger partial charge is 0.433 e. The highest BCUT2D eigenvalue weighted by Gasteiger charge is 2.32. The lowest BCUT2D eigenvalue weighted by atomic mass is 9.96. The number of nitrogens with zero attached hydrogens (tertiary/aromatic N) is 4. The second-order valence-electron chi connectivity index (χ2n) is 9.12. The molecule has 0 aliphatic heterocycles. The molecule has 0 unspecified atom stereocenters. The van der Waals surface area contributed by atoms with Gasteiger partial charge in [-0.3, -0.25) is 9.78 Å². The maximum Gasteiger partial charge on any atom is 0.433 e. The minimum atomic E-state index is -4.54. The standard InChI is InChI=1S/C30H29F3N6/c1-4-22(25-17-36-39(19-25)15-7-8-21(3)34)16-24-10-5-9-23(14-13-20(24)2)26-18-35-38-29(26)27-11-6-12-28(37-27)30(31,32)33/h4-6,9-14,16-19,34H,2,7-8,15H2,1,3H3,(H,35,38)/b10-5+,14-13-,22-4+,23-9-,24-16-,34-21?. The van der Waals surface area contributed by atoms with Crippen LogP contribution in [-0.4, -0.2) is 30.7 Å². The molecule has 39 heavy (non-hydrogen) atoms. The molecule has 6 nitrogen and oxygen atoms in total. The van der Waals surface area contributed by atoms with Crippen molar-refractivity contribution in [1.82, 2.24) is 25.0 Å². The van der Waals surface area contributed by atoms with Crippen molar-refractivity contribution in [1.29, 1.82) is 5.41 Å². The summed E-state index contributed by atoms with van der Waals surface area (Å²) in [5.74, 6) is 0. The topological polar surface area (TPSA) is 83.2 Å². The number of rotatable bonds is 8. The van der Waals surface area contributed by atoms with Crippen LogP contribution in [0.25, 0.3) is 22.5 Å². The molecule has 1 aliphatic rings. The highest BCUT2D eigenvalue weighted by atomic mass is 19.4. The number of halogens is 3. The van der Waals surface area contributed by atoms with Gasteiger partial charge in [-0.25, -0.2) is 4.98 Å². The fourth-order valence-corrected chi connectivity index (χ4v) is 4.10. The molecule has 0 amide bonds. The lowest BCUT2D eigenvalue weighted by Crippen LogP contribution is -2.08. The van der Waals surface area contributed by atoms with E-state index in [0.29, 0.717) is 17.0 Å². The van der Waals surface area contributed by atoms with Crippen LogP contribution in [0.3, 0.4) is 0 Å². The number of alkyl halides is 3. The number of pyridine rings is 1. The summed E-state index contributed by atoms with van der Waals surface area (Å²) in [5.41, 5.74) is 5.30. The number of hydrogen-bond acceptors (Lipinski definition) is 4. The Labute approximate surface area is 225 Å². The van der Waals surface area contributed by atoms with Crippen molar-refractivity contribution in [2.75, 3.05) is 0 Å². The van der Waals surface area contributed by atoms with Crippen LogP contribution in [0, 0.1) is 5.41 Å². The number of aryl methyl sites for hydroxylation is 1. The van der Waals surface area contributed by atoms with Crippen LogP contribution in [0.5, 0.6) is 0 Å². The fraction of sp³-hybridized carbons (Fsp3) is 0.200. The van der Waals surface area contributed by atoms with Crippen LogP contribution in [0.2, 0.25) is 0 Å². The molecule has 0 atom stereocenters. The van der Waals surface area contributed by atoms with Gasteiger partial charge in [0.25, 0.3) is 0 Å². The SMILES string of the molecule is C=C1\C=C/C(c2cn[nH]c2-c2cccc(C(F)(F)F)n2)=C/C=C/C1=C/C(=C\C)c1cnn(CCCC(C)=N)c1. The molecule has 0 saturated carbocycles. The first-order valence-corrected chi connectivity index (χ1v) is 12.4. The van der Waals surface area contributed by atoms with E-state index in [4.69, 9.17) is 5.41 Å². The highest BCUT2D eigenvalue weighted by molar-refractivity contribution is 5.85. The second kappa shape index (κ2) is 11.9. The van der Waals surface area contributed by atoms with E-state index in [1.54, 1.807) is 6.20 Å². The Morgan fingerprint density at radius 3 is 2.74 bits per heavy atom. The maximum absolute atomic E-state index is 13.2. The first kappa shape index (κ1) is 27.5. The Balaban J connectivity index is 1.57. The minimum Gasteiger partial charge on any atom is -0.310 e. The van der Waals surface area contributed by atoms with Gasteiger partial charge in [0.2, 0.25) is 0 Å². The number of allylic oxidation sites excluding steroid dienone is 11. The smallest absolute Gasteiger partial charge is 0.310 e. The van der Waals surface area contributed by atoms with E-state index in [-0.39, 0.29) is 5.69 Å². The molecule has 3 aromatic heterocycles. The Morgan fingerprint density at radius 1 is 1.18 bits per heavy atom. The monoisotopic (exact) mass is 530 g/mol. The van der Waals surface area contributed by atoms with Gasteiger partial charge in [-0.1, -0.05) is 49.1 Å². The molecule has 0 aromatic carbocycles. The number of aromatic nitrogens is 5. The number of aromatic amines is 1. The zero-order chi connectivity index (χ0) is 28.0. The molecule has 0 fully saturated rings. The zero-order valence-electron chi connectivity index (χ0n) is 21.8. The number of hydrogen-bond donors (Lipinski definition) is 2. The number of H-pyrrole nitrogens is 1. The molecule has 3 aromatic rings. The van der Waals surface area contributed by atoms with Crippen molar-refractivity contribution in [3.05, 3.63) is 114 Å². The van der Waals surface area contributed by atoms with Gasteiger partial charge in [0.15, 0.2) is 0 Å². The van der Waals surface area contributed by atoms with E-state index >= 15 is 0 Å². The van der Waals surface area contributed by atoms with Crippen LogP contribution < -0.4 is 0 Å². The van der Waals surface area contributed by atoms with E-state index in [9.17, 15) is 13.2 Å². The van der Waals surface area contributed by atoms with Gasteiger partial charge in [0.05, 0.1) is 23.8 Å². The average molecular weight is 531 g/mol. The summed E-state index contributed by atoms with van der Waals surface area (Å²) in [5, 5.41) is 18.9. The van der Waals surface area contributed by atoms with Crippen LogP contribution in [0.15, 0.2) is 97.0 Å². The Hall–Kier alpha value is -4.53. The molecule has 0 radical (unpaired) electrons. The maximum atomic E-state index is 13.2. The van der Waals surface area contributed by atoms with E-state index in [0.717, 1.165) is 53.3 Å². The summed E-state index contributed by atoms with van der Waals surface area (Å²) in [6, 6.07) is 3.79. The lowest BCUT2D eigenvalue weighted by molar-refractivity contribution is -0.141. The summed E-state index contributed by atoms with van der Waals surface area (Å²) >= 11 is 0. The van der Waals surface area contributed by atoms with Crippen LogP contribution >= 0.6 is 0 Å². The molecular weight excluding hydrogens is 501 g/mol. The van der Waals surface area contributed by atoms with E-state index < -0.39 is 11.9 Å². The molecule has 0 bridgehead atoms. The van der Waals surface area contributed by atoms with E-state index in [2.05, 4.69) is 26.9 Å². The van der Waals surface area contributed by atoms with E-state index in [1.165, 1.54) is 12.1 Å². The molecule has 4 rings (SSSR count). The van der Waals surface area contributed by atoms with E-state index in [1.807, 2.05) is 73.5 Å². The third kappa shape index (κ3) is 6.87. The van der Waals surface area contributed by atoms with Crippen LogP contribution in [-0.2, 0) is 12.7 Å². The first-order chi connectivity index (χ1) is 18.7. The van der Waals surface area contributed by atoms with Crippen molar-refractivity contribution >= 4 is 16.9 Å². The molecule has 0 spiro atoms. The molecule has 0 saturated heterocycles. The fourth-order valence-electron chi connectivity index (χ4n) is 4.10. The Kier molecular flexibility index (Phi) is 8.39. The average Bonchev–Trinajstić information content (AvgIpc) is 3.56. The minimum absolute atomic E-state index is 0.156. The van der Waals surface area contributed by atoms with Crippen LogP contribution in [0.1, 0.15) is 43.5 Å². The van der Waals surface area contributed by atoms with Crippen molar-refractivity contribution in [3.8, 4) is 11.4 Å². The molecular formula is C30H29F3N6. The summed E-state index contributed by atoms with van der Waals surface area (Å²) in [6.07, 6.45) is 15.9. The Morgan fingerprint density at radius 2 is 2.00 bits per heavy atom. The predicted octanol–water partition coefficient (Wildman–Crippen LogP) is 7.60. The summed E-state index contributed by atoms with van der Waals surface area (Å²) < 4.78 is 41.5. The molecule has 3 heterocycles. The first-order valence-electron chi connectivity index (χ1n) is 12.4. The van der Waals surface area contributed by atoms with Crippen molar-refractivity contribution < 1.29 is 13.2 Å². The van der Waals surface area contributed by atoms with Gasteiger partial charge in [0.1, 0.15) is 5.69 Å². The van der Waals surface area contributed by atoms with Gasteiger partial charge in [0, 0.05) is 29.6 Å². The van der Waals surface area contributed by atoms with Crippen molar-refractivity contribution in [3.63, 3.8) is 0 Å². The highest BCUT2D eigenvalue weighted by Crippen LogP contribution is 2.32. The molecule has 9 heteroatoms. The quantitative estimate of drug-likeness (QED) is 0.294. The van der Waals surface area contributed by atoms with Gasteiger partial charge in [-0.15, -0.1) is 0 Å². The zero-order valence-corrected chi connectivity index (χ0v) is 21.8. The predicted molar refractivity (Wildman–Crippen MR) is 149 cm³/mol. The summed E-state index contributed by atoms with van der Waals surface area (Å²) in [4.78, 5) is 3.79. The summed E-state index contributed by atoms with van der Waals surface area (Å²) in [6.45, 7) is 8.74. The van der Waals surface area contributed by atoms with Gasteiger partial charge in [-0.05, 0) is 67.2 Å². The Bertz CT molecular complexity index is 1530. The van der Waals surface area contributed by atoms with Crippen molar-refractivity contribution in [2.24, 2.45) is 0 Å². The van der Waals surface area contributed by atoms with Gasteiger partial charge < -0.3 is 5.41 Å². The van der Waals surface area contributed by atoms with Gasteiger partial charge >= 0.3 is 6.18 Å². The molecule has 2 N–H and O–H groups in total. The normalized spacial score (nSPS) is 18.4.